The van der Waals surface area contributed by atoms with Crippen molar-refractivity contribution in [1.82, 2.24) is 15.8 Å². The SMILES string of the molecule is Cc1nc(-c2ccccc2)sc1C(=O)NNC(=O)c1ccccc1NC(=O)c1ccccc1. The summed E-state index contributed by atoms with van der Waals surface area (Å²) in [6.07, 6.45) is 0. The van der Waals surface area contributed by atoms with Crippen LogP contribution < -0.4 is 16.2 Å². The molecule has 0 spiro atoms. The van der Waals surface area contributed by atoms with E-state index >= 15 is 0 Å². The Balaban J connectivity index is 1.44. The number of para-hydroxylation sites is 1. The highest BCUT2D eigenvalue weighted by atomic mass is 32.1. The van der Waals surface area contributed by atoms with Crippen molar-refractivity contribution in [3.63, 3.8) is 0 Å². The molecule has 0 saturated carbocycles. The minimum absolute atomic E-state index is 0.216. The summed E-state index contributed by atoms with van der Waals surface area (Å²) in [5.74, 6) is -1.36. The topological polar surface area (TPSA) is 100 Å². The van der Waals surface area contributed by atoms with E-state index in [0.717, 1.165) is 10.6 Å². The Hall–Kier alpha value is -4.30. The molecule has 3 amide bonds. The predicted octanol–water partition coefficient (Wildman–Crippen LogP) is 4.45. The zero-order valence-electron chi connectivity index (χ0n) is 17.7. The summed E-state index contributed by atoms with van der Waals surface area (Å²) in [6, 6.07) is 24.8. The van der Waals surface area contributed by atoms with Gasteiger partial charge in [-0.2, -0.15) is 0 Å². The number of nitrogens with zero attached hydrogens (tertiary/aromatic N) is 1. The monoisotopic (exact) mass is 456 g/mol. The van der Waals surface area contributed by atoms with Crippen molar-refractivity contribution in [2.45, 2.75) is 6.92 Å². The number of rotatable bonds is 5. The molecule has 7 nitrogen and oxygen atoms in total. The smallest absolute Gasteiger partial charge is 0.281 e. The van der Waals surface area contributed by atoms with E-state index in [-0.39, 0.29) is 11.5 Å². The average Bonchev–Trinajstić information content (AvgIpc) is 3.25. The second-order valence-corrected chi connectivity index (χ2v) is 8.07. The van der Waals surface area contributed by atoms with Gasteiger partial charge in [0.05, 0.1) is 16.9 Å². The molecule has 0 atom stereocenters. The van der Waals surface area contributed by atoms with Gasteiger partial charge in [-0.25, -0.2) is 4.98 Å². The first-order valence-electron chi connectivity index (χ1n) is 10.1. The van der Waals surface area contributed by atoms with Crippen LogP contribution in [0.4, 0.5) is 5.69 Å². The van der Waals surface area contributed by atoms with E-state index in [0.29, 0.717) is 21.8 Å². The molecule has 3 aromatic carbocycles. The van der Waals surface area contributed by atoms with Crippen LogP contribution in [0.15, 0.2) is 84.9 Å². The van der Waals surface area contributed by atoms with Gasteiger partial charge in [-0.1, -0.05) is 60.7 Å². The van der Waals surface area contributed by atoms with Gasteiger partial charge in [0.15, 0.2) is 0 Å². The van der Waals surface area contributed by atoms with Crippen molar-refractivity contribution in [3.8, 4) is 10.6 Å². The highest BCUT2D eigenvalue weighted by Gasteiger charge is 2.18. The van der Waals surface area contributed by atoms with Crippen molar-refractivity contribution < 1.29 is 14.4 Å². The van der Waals surface area contributed by atoms with Crippen LogP contribution in [0.5, 0.6) is 0 Å². The molecular formula is C25H20N4O3S. The number of aryl methyl sites for hydroxylation is 1. The highest BCUT2D eigenvalue weighted by Crippen LogP contribution is 2.27. The molecule has 0 aliphatic rings. The minimum Gasteiger partial charge on any atom is -0.321 e. The van der Waals surface area contributed by atoms with Gasteiger partial charge >= 0.3 is 0 Å². The van der Waals surface area contributed by atoms with Gasteiger partial charge in [0, 0.05) is 11.1 Å². The van der Waals surface area contributed by atoms with Crippen LogP contribution in [0.2, 0.25) is 0 Å². The lowest BCUT2D eigenvalue weighted by Gasteiger charge is -2.12. The van der Waals surface area contributed by atoms with Gasteiger partial charge in [-0.05, 0) is 31.2 Å². The van der Waals surface area contributed by atoms with E-state index in [4.69, 9.17) is 0 Å². The maximum absolute atomic E-state index is 12.7. The zero-order chi connectivity index (χ0) is 23.2. The number of hydrazine groups is 1. The molecule has 8 heteroatoms. The molecule has 0 aliphatic carbocycles. The summed E-state index contributed by atoms with van der Waals surface area (Å²) in [5.41, 5.74) is 7.35. The number of aromatic nitrogens is 1. The fourth-order valence-electron chi connectivity index (χ4n) is 3.12. The summed E-state index contributed by atoms with van der Waals surface area (Å²) in [7, 11) is 0. The molecule has 3 N–H and O–H groups in total. The molecule has 4 rings (SSSR count). The van der Waals surface area contributed by atoms with Crippen LogP contribution in [0.25, 0.3) is 10.6 Å². The van der Waals surface area contributed by atoms with E-state index < -0.39 is 11.8 Å². The van der Waals surface area contributed by atoms with Crippen molar-refractivity contribution in [3.05, 3.63) is 107 Å². The number of carbonyl (C=O) groups is 3. The first-order valence-corrected chi connectivity index (χ1v) is 10.9. The number of thiazole rings is 1. The van der Waals surface area contributed by atoms with E-state index in [1.165, 1.54) is 11.3 Å². The zero-order valence-corrected chi connectivity index (χ0v) is 18.5. The Morgan fingerprint density at radius 1 is 0.727 bits per heavy atom. The largest absolute Gasteiger partial charge is 0.321 e. The summed E-state index contributed by atoms with van der Waals surface area (Å²) in [6.45, 7) is 1.74. The number of hydrogen-bond acceptors (Lipinski definition) is 5. The van der Waals surface area contributed by atoms with Crippen molar-refractivity contribution in [2.75, 3.05) is 5.32 Å². The number of carbonyl (C=O) groups excluding carboxylic acids is 3. The summed E-state index contributed by atoms with van der Waals surface area (Å²) in [4.78, 5) is 42.8. The molecule has 0 bridgehead atoms. The lowest BCUT2D eigenvalue weighted by atomic mass is 10.1. The first-order chi connectivity index (χ1) is 16.0. The summed E-state index contributed by atoms with van der Waals surface area (Å²) < 4.78 is 0. The Labute approximate surface area is 194 Å². The van der Waals surface area contributed by atoms with E-state index in [1.807, 2.05) is 36.4 Å². The van der Waals surface area contributed by atoms with Gasteiger partial charge < -0.3 is 5.32 Å². The minimum atomic E-state index is -0.558. The van der Waals surface area contributed by atoms with Crippen molar-refractivity contribution >= 4 is 34.7 Å². The molecule has 1 aromatic heterocycles. The van der Waals surface area contributed by atoms with E-state index in [2.05, 4.69) is 21.2 Å². The van der Waals surface area contributed by atoms with Crippen LogP contribution in [0, 0.1) is 6.92 Å². The summed E-state index contributed by atoms with van der Waals surface area (Å²) >= 11 is 1.25. The van der Waals surface area contributed by atoms with E-state index in [1.54, 1.807) is 55.5 Å². The third-order valence-electron chi connectivity index (χ3n) is 4.77. The molecule has 0 saturated heterocycles. The van der Waals surface area contributed by atoms with Crippen molar-refractivity contribution in [1.29, 1.82) is 0 Å². The fraction of sp³-hybridized carbons (Fsp3) is 0.0400. The molecule has 1 heterocycles. The Kier molecular flexibility index (Phi) is 6.56. The average molecular weight is 457 g/mol. The van der Waals surface area contributed by atoms with Crippen LogP contribution in [0.1, 0.15) is 36.1 Å². The van der Waals surface area contributed by atoms with Crippen LogP contribution in [0.3, 0.4) is 0 Å². The Bertz CT molecular complexity index is 1300. The van der Waals surface area contributed by atoms with Crippen LogP contribution in [-0.2, 0) is 0 Å². The number of amides is 3. The molecule has 0 unspecified atom stereocenters. The molecular weight excluding hydrogens is 436 g/mol. The quantitative estimate of drug-likeness (QED) is 0.387. The third-order valence-corrected chi connectivity index (χ3v) is 5.97. The maximum atomic E-state index is 12.7. The third kappa shape index (κ3) is 5.13. The molecule has 4 aromatic rings. The molecule has 164 valence electrons. The van der Waals surface area contributed by atoms with Gasteiger partial charge in [0.2, 0.25) is 0 Å². The van der Waals surface area contributed by atoms with Crippen LogP contribution in [-0.4, -0.2) is 22.7 Å². The molecule has 33 heavy (non-hydrogen) atoms. The van der Waals surface area contributed by atoms with Crippen LogP contribution >= 0.6 is 11.3 Å². The maximum Gasteiger partial charge on any atom is 0.281 e. The fourth-order valence-corrected chi connectivity index (χ4v) is 4.09. The summed E-state index contributed by atoms with van der Waals surface area (Å²) in [5, 5.41) is 3.46. The number of nitrogens with one attached hydrogen (secondary N) is 3. The predicted molar refractivity (Wildman–Crippen MR) is 128 cm³/mol. The standard InChI is InChI=1S/C25H20N4O3S/c1-16-21(33-25(26-16)18-12-6-3-7-13-18)24(32)29-28-23(31)19-14-8-9-15-20(19)27-22(30)17-10-4-2-5-11-17/h2-15H,1H3,(H,27,30)(H,28,31)(H,29,32). The van der Waals surface area contributed by atoms with Crippen molar-refractivity contribution in [2.24, 2.45) is 0 Å². The van der Waals surface area contributed by atoms with Gasteiger partial charge in [-0.15, -0.1) is 11.3 Å². The highest BCUT2D eigenvalue weighted by molar-refractivity contribution is 7.17. The lowest BCUT2D eigenvalue weighted by molar-refractivity contribution is 0.0848. The second-order valence-electron chi connectivity index (χ2n) is 7.07. The van der Waals surface area contributed by atoms with E-state index in [9.17, 15) is 14.4 Å². The molecule has 0 radical (unpaired) electrons. The van der Waals surface area contributed by atoms with Gasteiger partial charge in [0.25, 0.3) is 17.7 Å². The normalized spacial score (nSPS) is 10.3. The molecule has 0 fully saturated rings. The lowest BCUT2D eigenvalue weighted by Crippen LogP contribution is -2.41. The number of benzene rings is 3. The number of hydrogen-bond donors (Lipinski definition) is 3. The first kappa shape index (κ1) is 21.9. The van der Waals surface area contributed by atoms with Gasteiger partial charge in [0.1, 0.15) is 9.88 Å². The van der Waals surface area contributed by atoms with Gasteiger partial charge in [-0.3, -0.25) is 25.2 Å². The number of anilines is 1. The Morgan fingerprint density at radius 3 is 2.06 bits per heavy atom. The Morgan fingerprint density at radius 2 is 1.33 bits per heavy atom. The second kappa shape index (κ2) is 9.88. The molecule has 0 aliphatic heterocycles.